The molecule has 1 aliphatic carbocycles. The quantitative estimate of drug-likeness (QED) is 0.469. The Hall–Kier alpha value is -1.96. The zero-order chi connectivity index (χ0) is 19.7. The molecule has 0 fully saturated rings. The first kappa shape index (κ1) is 22.1. The van der Waals surface area contributed by atoms with Crippen molar-refractivity contribution in [2.24, 2.45) is 17.8 Å². The van der Waals surface area contributed by atoms with Crippen molar-refractivity contribution in [1.82, 2.24) is 5.32 Å². The molecule has 138 valence electrons. The molecule has 0 aliphatic heterocycles. The fourth-order valence-electron chi connectivity index (χ4n) is 2.49. The maximum absolute atomic E-state index is 11.6. The van der Waals surface area contributed by atoms with Crippen LogP contribution in [0.4, 0.5) is 4.79 Å². The molecule has 3 atom stereocenters. The van der Waals surface area contributed by atoms with E-state index in [9.17, 15) is 9.59 Å². The van der Waals surface area contributed by atoms with Crippen molar-refractivity contribution in [1.29, 1.82) is 0 Å². The molecule has 0 heterocycles. The van der Waals surface area contributed by atoms with Crippen molar-refractivity contribution >= 4 is 43.9 Å². The van der Waals surface area contributed by atoms with Gasteiger partial charge in [0.05, 0.1) is 0 Å². The van der Waals surface area contributed by atoms with E-state index in [1.807, 2.05) is 26.0 Å². The smallest absolute Gasteiger partial charge is 0.407 e. The third-order valence-electron chi connectivity index (χ3n) is 3.99. The zero-order valence-corrected chi connectivity index (χ0v) is 17.6. The fourth-order valence-corrected chi connectivity index (χ4v) is 2.99. The van der Waals surface area contributed by atoms with Gasteiger partial charge in [0.2, 0.25) is 0 Å². The minimum atomic E-state index is -1.14. The number of hydrogen-bond acceptors (Lipinski definition) is 3. The predicted octanol–water partition coefficient (Wildman–Crippen LogP) is 3.82. The van der Waals surface area contributed by atoms with Crippen molar-refractivity contribution in [3.8, 4) is 21.5 Å². The van der Waals surface area contributed by atoms with Crippen LogP contribution in [0.2, 0.25) is 0 Å². The Labute approximate surface area is 170 Å². The second-order valence-electron chi connectivity index (χ2n) is 5.76. The first-order valence-corrected chi connectivity index (χ1v) is 9.32. The number of carboxylic acids is 1. The van der Waals surface area contributed by atoms with E-state index in [4.69, 9.17) is 9.84 Å². The molecular weight excluding hydrogens is 466 g/mol. The summed E-state index contributed by atoms with van der Waals surface area (Å²) in [7, 11) is 0. The number of amides is 1. The molecular formula is C19H19Br2NO4. The number of hydrogen-bond donors (Lipinski definition) is 2. The average Bonchev–Trinajstić information content (AvgIpc) is 2.58. The molecule has 2 unspecified atom stereocenters. The third-order valence-corrected chi connectivity index (χ3v) is 4.41. The molecule has 0 spiro atoms. The first-order chi connectivity index (χ1) is 12.3. The van der Waals surface area contributed by atoms with E-state index in [-0.39, 0.29) is 24.4 Å². The number of halogens is 2. The second-order valence-corrected chi connectivity index (χ2v) is 6.55. The number of allylic oxidation sites excluding steroid dienone is 3. The van der Waals surface area contributed by atoms with Crippen molar-refractivity contribution in [2.45, 2.75) is 13.8 Å². The van der Waals surface area contributed by atoms with Crippen LogP contribution >= 0.6 is 31.9 Å². The van der Waals surface area contributed by atoms with Crippen LogP contribution in [0.5, 0.6) is 0 Å². The van der Waals surface area contributed by atoms with Crippen LogP contribution in [0.25, 0.3) is 0 Å². The van der Waals surface area contributed by atoms with Gasteiger partial charge in [-0.1, -0.05) is 37.0 Å². The van der Waals surface area contributed by atoms with Crippen molar-refractivity contribution in [3.05, 3.63) is 35.5 Å². The van der Waals surface area contributed by atoms with Crippen LogP contribution in [0, 0.1) is 39.3 Å². The van der Waals surface area contributed by atoms with Gasteiger partial charge in [-0.3, -0.25) is 4.79 Å². The average molecular weight is 485 g/mol. The maximum atomic E-state index is 11.6. The lowest BCUT2D eigenvalue weighted by Gasteiger charge is -2.26. The first-order valence-electron chi connectivity index (χ1n) is 7.74. The SMILES string of the molecule is C=C1/C=C(/C#CBr)C(C)[C@H](C#CBr)/C=C(\C)C1COC(=O)NCC(=O)O. The van der Waals surface area contributed by atoms with E-state index in [2.05, 4.69) is 65.3 Å². The molecule has 0 saturated heterocycles. The summed E-state index contributed by atoms with van der Waals surface area (Å²) >= 11 is 6.27. The number of alkyl carbamates (subject to hydrolysis) is 1. The largest absolute Gasteiger partial charge is 0.480 e. The predicted molar refractivity (Wildman–Crippen MR) is 108 cm³/mol. The molecule has 7 heteroatoms. The number of rotatable bonds is 4. The van der Waals surface area contributed by atoms with Gasteiger partial charge in [-0.25, -0.2) is 4.79 Å². The number of nitrogens with one attached hydrogen (secondary N) is 1. The minimum absolute atomic E-state index is 0.0426. The van der Waals surface area contributed by atoms with Gasteiger partial charge in [0.15, 0.2) is 0 Å². The summed E-state index contributed by atoms with van der Waals surface area (Å²) < 4.78 is 5.15. The van der Waals surface area contributed by atoms with E-state index < -0.39 is 18.6 Å². The molecule has 5 nitrogen and oxygen atoms in total. The van der Waals surface area contributed by atoms with Gasteiger partial charge in [-0.2, -0.15) is 0 Å². The van der Waals surface area contributed by atoms with Gasteiger partial charge in [0, 0.05) is 55.2 Å². The highest BCUT2D eigenvalue weighted by Gasteiger charge is 2.25. The Morgan fingerprint density at radius 3 is 2.65 bits per heavy atom. The number of aliphatic carboxylic acids is 1. The molecule has 1 rings (SSSR count). The summed E-state index contributed by atoms with van der Waals surface area (Å²) in [6.45, 7) is 7.60. The second kappa shape index (κ2) is 10.9. The molecule has 0 saturated carbocycles. The van der Waals surface area contributed by atoms with Crippen LogP contribution in [0.15, 0.2) is 35.5 Å². The molecule has 2 N–H and O–H groups in total. The lowest BCUT2D eigenvalue weighted by Crippen LogP contribution is -2.31. The van der Waals surface area contributed by atoms with Gasteiger partial charge >= 0.3 is 12.1 Å². The number of carbonyl (C=O) groups is 2. The molecule has 0 bridgehead atoms. The Kier molecular flexibility index (Phi) is 9.26. The Morgan fingerprint density at radius 2 is 2.08 bits per heavy atom. The van der Waals surface area contributed by atoms with Crippen LogP contribution in [0.3, 0.4) is 0 Å². The summed E-state index contributed by atoms with van der Waals surface area (Å²) in [5, 5.41) is 10.7. The Balaban J connectivity index is 3.05. The number of carboxylic acid groups (broad SMARTS) is 1. The van der Waals surface area contributed by atoms with Gasteiger partial charge in [-0.15, -0.1) is 0 Å². The Bertz CT molecular complexity index is 760. The topological polar surface area (TPSA) is 75.6 Å². The number of carbonyl (C=O) groups excluding carboxylic acids is 1. The highest BCUT2D eigenvalue weighted by molar-refractivity contribution is 9.12. The summed E-state index contributed by atoms with van der Waals surface area (Å²) in [5.74, 6) is 4.75. The fraction of sp³-hybridized carbons (Fsp3) is 0.368. The van der Waals surface area contributed by atoms with Gasteiger partial charge in [0.1, 0.15) is 13.2 Å². The lowest BCUT2D eigenvalue weighted by molar-refractivity contribution is -0.135. The van der Waals surface area contributed by atoms with Gasteiger partial charge in [-0.05, 0) is 28.2 Å². The molecule has 0 aromatic heterocycles. The van der Waals surface area contributed by atoms with E-state index in [1.54, 1.807) is 0 Å². The summed E-state index contributed by atoms with van der Waals surface area (Å²) in [5.41, 5.74) is 2.60. The third kappa shape index (κ3) is 6.74. The minimum Gasteiger partial charge on any atom is -0.480 e. The molecule has 1 amide bonds. The lowest BCUT2D eigenvalue weighted by atomic mass is 9.79. The summed E-state index contributed by atoms with van der Waals surface area (Å²) in [4.78, 5) is 27.6. The highest BCUT2D eigenvalue weighted by Crippen LogP contribution is 2.32. The van der Waals surface area contributed by atoms with E-state index in [1.165, 1.54) is 0 Å². The van der Waals surface area contributed by atoms with Crippen LogP contribution in [-0.4, -0.2) is 30.3 Å². The summed E-state index contributed by atoms with van der Waals surface area (Å²) in [6.07, 6.45) is 3.13. The standard InChI is InChI=1S/C19H19Br2NO4/c1-12-8-15(4-6-20)14(3)16(5-7-21)9-13(2)17(12)11-26-19(25)22-10-18(23)24/h8-9,14,16-17H,1,10-11H2,2-3H3,(H,22,25)(H,23,24)/b13-9+,15-8-/t14?,16-,17?/m1/s1. The van der Waals surface area contributed by atoms with Gasteiger partial charge in [0.25, 0.3) is 0 Å². The van der Waals surface area contributed by atoms with Crippen LogP contribution < -0.4 is 5.32 Å². The molecule has 26 heavy (non-hydrogen) atoms. The monoisotopic (exact) mass is 483 g/mol. The molecule has 1 aliphatic rings. The maximum Gasteiger partial charge on any atom is 0.407 e. The summed E-state index contributed by atoms with van der Waals surface area (Å²) in [6, 6.07) is 0. The Morgan fingerprint density at radius 1 is 1.38 bits per heavy atom. The molecule has 0 radical (unpaired) electrons. The highest BCUT2D eigenvalue weighted by atomic mass is 79.9. The van der Waals surface area contributed by atoms with E-state index in [0.29, 0.717) is 0 Å². The van der Waals surface area contributed by atoms with Crippen LogP contribution in [-0.2, 0) is 9.53 Å². The molecule has 0 aromatic carbocycles. The van der Waals surface area contributed by atoms with Crippen molar-refractivity contribution in [2.75, 3.05) is 13.2 Å². The molecule has 0 aromatic rings. The van der Waals surface area contributed by atoms with Crippen molar-refractivity contribution < 1.29 is 19.4 Å². The van der Waals surface area contributed by atoms with Crippen molar-refractivity contribution in [3.63, 3.8) is 0 Å². The normalized spacial score (nSPS) is 26.2. The van der Waals surface area contributed by atoms with Gasteiger partial charge < -0.3 is 15.2 Å². The van der Waals surface area contributed by atoms with E-state index >= 15 is 0 Å². The number of ether oxygens (including phenoxy) is 1. The van der Waals surface area contributed by atoms with Crippen LogP contribution in [0.1, 0.15) is 13.8 Å². The zero-order valence-electron chi connectivity index (χ0n) is 14.4. The van der Waals surface area contributed by atoms with E-state index in [0.717, 1.165) is 16.7 Å².